The SMILES string of the molecule is Cc1nc(OCC2CCCCO2)ccc1C(=O)O. The third-order valence-corrected chi connectivity index (χ3v) is 2.98. The Morgan fingerprint density at radius 1 is 1.56 bits per heavy atom. The minimum Gasteiger partial charge on any atom is -0.478 e. The summed E-state index contributed by atoms with van der Waals surface area (Å²) >= 11 is 0. The first-order chi connectivity index (χ1) is 8.66. The molecule has 98 valence electrons. The molecule has 18 heavy (non-hydrogen) atoms. The lowest BCUT2D eigenvalue weighted by atomic mass is 10.1. The first-order valence-corrected chi connectivity index (χ1v) is 6.12. The molecular weight excluding hydrogens is 234 g/mol. The van der Waals surface area contributed by atoms with E-state index >= 15 is 0 Å². The molecule has 0 radical (unpaired) electrons. The summed E-state index contributed by atoms with van der Waals surface area (Å²) in [5, 5.41) is 8.89. The van der Waals surface area contributed by atoms with E-state index in [0.717, 1.165) is 19.4 Å². The number of hydrogen-bond donors (Lipinski definition) is 1. The topological polar surface area (TPSA) is 68.7 Å². The molecule has 0 aliphatic carbocycles. The van der Waals surface area contributed by atoms with E-state index in [2.05, 4.69) is 4.98 Å². The molecule has 1 aliphatic heterocycles. The summed E-state index contributed by atoms with van der Waals surface area (Å²) in [6.07, 6.45) is 3.41. The predicted molar refractivity (Wildman–Crippen MR) is 65.0 cm³/mol. The van der Waals surface area contributed by atoms with Crippen LogP contribution in [0.25, 0.3) is 0 Å². The van der Waals surface area contributed by atoms with Crippen LogP contribution in [0.15, 0.2) is 12.1 Å². The Hall–Kier alpha value is -1.62. The average Bonchev–Trinajstić information content (AvgIpc) is 2.37. The van der Waals surface area contributed by atoms with Crippen molar-refractivity contribution in [1.29, 1.82) is 0 Å². The quantitative estimate of drug-likeness (QED) is 0.886. The fourth-order valence-corrected chi connectivity index (χ4v) is 1.96. The number of carbonyl (C=O) groups is 1. The maximum Gasteiger partial charge on any atom is 0.337 e. The molecule has 1 unspecified atom stereocenters. The van der Waals surface area contributed by atoms with Crippen LogP contribution in [-0.2, 0) is 4.74 Å². The fraction of sp³-hybridized carbons (Fsp3) is 0.538. The number of ether oxygens (including phenoxy) is 2. The van der Waals surface area contributed by atoms with Gasteiger partial charge in [0.1, 0.15) is 6.61 Å². The summed E-state index contributed by atoms with van der Waals surface area (Å²) in [6, 6.07) is 3.10. The highest BCUT2D eigenvalue weighted by atomic mass is 16.5. The number of rotatable bonds is 4. The summed E-state index contributed by atoms with van der Waals surface area (Å²) in [7, 11) is 0. The van der Waals surface area contributed by atoms with Crippen LogP contribution in [-0.4, -0.2) is 35.4 Å². The maximum absolute atomic E-state index is 10.8. The van der Waals surface area contributed by atoms with Gasteiger partial charge < -0.3 is 14.6 Å². The van der Waals surface area contributed by atoms with Gasteiger partial charge in [-0.05, 0) is 32.3 Å². The number of aryl methyl sites for hydroxylation is 1. The van der Waals surface area contributed by atoms with Crippen molar-refractivity contribution in [3.05, 3.63) is 23.4 Å². The van der Waals surface area contributed by atoms with Crippen molar-refractivity contribution in [2.75, 3.05) is 13.2 Å². The summed E-state index contributed by atoms with van der Waals surface area (Å²) in [5.74, 6) is -0.520. The third-order valence-electron chi connectivity index (χ3n) is 2.98. The Balaban J connectivity index is 1.93. The monoisotopic (exact) mass is 251 g/mol. The predicted octanol–water partition coefficient (Wildman–Crippen LogP) is 2.04. The second-order valence-electron chi connectivity index (χ2n) is 4.39. The molecule has 0 spiro atoms. The van der Waals surface area contributed by atoms with Gasteiger partial charge in [-0.1, -0.05) is 0 Å². The number of hydrogen-bond acceptors (Lipinski definition) is 4. The minimum atomic E-state index is -0.970. The number of carboxylic acids is 1. The first-order valence-electron chi connectivity index (χ1n) is 6.12. The lowest BCUT2D eigenvalue weighted by Gasteiger charge is -2.22. The van der Waals surface area contributed by atoms with Crippen LogP contribution < -0.4 is 4.74 Å². The van der Waals surface area contributed by atoms with Gasteiger partial charge in [0.2, 0.25) is 5.88 Å². The first kappa shape index (κ1) is 12.8. The van der Waals surface area contributed by atoms with Crippen molar-refractivity contribution in [2.24, 2.45) is 0 Å². The molecule has 1 atom stereocenters. The van der Waals surface area contributed by atoms with Crippen molar-refractivity contribution in [3.63, 3.8) is 0 Å². The van der Waals surface area contributed by atoms with Crippen LogP contribution in [0.4, 0.5) is 0 Å². The maximum atomic E-state index is 10.8. The third kappa shape index (κ3) is 3.20. The average molecular weight is 251 g/mol. The summed E-state index contributed by atoms with van der Waals surface area (Å²) in [4.78, 5) is 15.0. The molecule has 0 amide bonds. The zero-order chi connectivity index (χ0) is 13.0. The lowest BCUT2D eigenvalue weighted by Crippen LogP contribution is -2.26. The van der Waals surface area contributed by atoms with E-state index in [-0.39, 0.29) is 11.7 Å². The summed E-state index contributed by atoms with van der Waals surface area (Å²) in [6.45, 7) is 2.92. The van der Waals surface area contributed by atoms with E-state index in [0.29, 0.717) is 18.2 Å². The van der Waals surface area contributed by atoms with Crippen LogP contribution in [0.2, 0.25) is 0 Å². The minimum absolute atomic E-state index is 0.125. The molecule has 1 aliphatic rings. The number of nitrogens with zero attached hydrogens (tertiary/aromatic N) is 1. The highest BCUT2D eigenvalue weighted by Gasteiger charge is 2.15. The molecule has 0 saturated carbocycles. The number of pyridine rings is 1. The van der Waals surface area contributed by atoms with E-state index in [1.807, 2.05) is 0 Å². The van der Waals surface area contributed by atoms with E-state index in [9.17, 15) is 4.79 Å². The second kappa shape index (κ2) is 5.82. The van der Waals surface area contributed by atoms with Gasteiger partial charge in [-0.15, -0.1) is 0 Å². The fourth-order valence-electron chi connectivity index (χ4n) is 1.96. The zero-order valence-electron chi connectivity index (χ0n) is 10.4. The van der Waals surface area contributed by atoms with E-state index in [4.69, 9.17) is 14.6 Å². The molecule has 2 heterocycles. The molecule has 1 N–H and O–H groups in total. The van der Waals surface area contributed by atoms with Crippen molar-refractivity contribution < 1.29 is 19.4 Å². The molecule has 5 nitrogen and oxygen atoms in total. The summed E-state index contributed by atoms with van der Waals surface area (Å²) in [5.41, 5.74) is 0.667. The van der Waals surface area contributed by atoms with Crippen LogP contribution in [0, 0.1) is 6.92 Å². The van der Waals surface area contributed by atoms with Crippen molar-refractivity contribution in [2.45, 2.75) is 32.3 Å². The van der Waals surface area contributed by atoms with Gasteiger partial charge in [-0.2, -0.15) is 0 Å². The molecule has 1 saturated heterocycles. The normalized spacial score (nSPS) is 19.5. The molecule has 1 aromatic rings. The molecule has 0 aromatic carbocycles. The highest BCUT2D eigenvalue weighted by molar-refractivity contribution is 5.88. The lowest BCUT2D eigenvalue weighted by molar-refractivity contribution is -0.0119. The Morgan fingerprint density at radius 3 is 3.00 bits per heavy atom. The van der Waals surface area contributed by atoms with Crippen LogP contribution >= 0.6 is 0 Å². The highest BCUT2D eigenvalue weighted by Crippen LogP contribution is 2.16. The van der Waals surface area contributed by atoms with Gasteiger partial charge in [0, 0.05) is 12.7 Å². The van der Waals surface area contributed by atoms with Crippen LogP contribution in [0.1, 0.15) is 35.3 Å². The standard InChI is InChI=1S/C13H17NO4/c1-9-11(13(15)16)5-6-12(14-9)18-8-10-4-2-3-7-17-10/h5-6,10H,2-4,7-8H2,1H3,(H,15,16). The van der Waals surface area contributed by atoms with Crippen LogP contribution in [0.5, 0.6) is 5.88 Å². The van der Waals surface area contributed by atoms with Crippen molar-refractivity contribution in [3.8, 4) is 5.88 Å². The van der Waals surface area contributed by atoms with E-state index in [1.165, 1.54) is 12.5 Å². The van der Waals surface area contributed by atoms with Gasteiger partial charge in [0.05, 0.1) is 17.4 Å². The van der Waals surface area contributed by atoms with Crippen LogP contribution in [0.3, 0.4) is 0 Å². The molecule has 1 aromatic heterocycles. The number of aromatic nitrogens is 1. The van der Waals surface area contributed by atoms with E-state index in [1.54, 1.807) is 13.0 Å². The second-order valence-corrected chi connectivity index (χ2v) is 4.39. The number of aromatic carboxylic acids is 1. The van der Waals surface area contributed by atoms with E-state index < -0.39 is 5.97 Å². The largest absolute Gasteiger partial charge is 0.478 e. The molecule has 0 bridgehead atoms. The van der Waals surface area contributed by atoms with Gasteiger partial charge in [0.15, 0.2) is 0 Å². The Morgan fingerprint density at radius 2 is 2.39 bits per heavy atom. The van der Waals surface area contributed by atoms with Gasteiger partial charge in [0.25, 0.3) is 0 Å². The van der Waals surface area contributed by atoms with Crippen molar-refractivity contribution >= 4 is 5.97 Å². The van der Waals surface area contributed by atoms with Gasteiger partial charge >= 0.3 is 5.97 Å². The molecule has 5 heteroatoms. The molecule has 2 rings (SSSR count). The van der Waals surface area contributed by atoms with Crippen molar-refractivity contribution in [1.82, 2.24) is 4.98 Å². The molecule has 1 fully saturated rings. The van der Waals surface area contributed by atoms with Gasteiger partial charge in [-0.3, -0.25) is 0 Å². The van der Waals surface area contributed by atoms with Gasteiger partial charge in [-0.25, -0.2) is 9.78 Å². The molecular formula is C13H17NO4. The summed E-state index contributed by atoms with van der Waals surface area (Å²) < 4.78 is 11.1. The Labute approximate surface area is 106 Å². The number of carboxylic acid groups (broad SMARTS) is 1. The smallest absolute Gasteiger partial charge is 0.337 e. The zero-order valence-corrected chi connectivity index (χ0v) is 10.4. The Kier molecular flexibility index (Phi) is 4.15. The Bertz CT molecular complexity index is 427.